The molecule has 2 aromatic rings. The first-order valence-electron chi connectivity index (χ1n) is 5.40. The number of rotatable bonds is 3. The Morgan fingerprint density at radius 2 is 1.40 bits per heavy atom. The molecule has 0 unspecified atom stereocenters. The molecule has 2 nitrogen and oxygen atoms in total. The summed E-state index contributed by atoms with van der Waals surface area (Å²) in [6.07, 6.45) is 0. The Morgan fingerprint density at radius 1 is 0.850 bits per heavy atom. The van der Waals surface area contributed by atoms with Crippen LogP contribution in [0.3, 0.4) is 0 Å². The summed E-state index contributed by atoms with van der Waals surface area (Å²) >= 11 is 0. The van der Waals surface area contributed by atoms with Gasteiger partial charge in [0.05, 0.1) is 0 Å². The second kappa shape index (κ2) is 5.36. The summed E-state index contributed by atoms with van der Waals surface area (Å²) in [5.41, 5.74) is 6.29. The monoisotopic (exact) mass is 289 g/mol. The smallest absolute Gasteiger partial charge is 0.207 e. The molecule has 20 heavy (non-hydrogen) atoms. The lowest BCUT2D eigenvalue weighted by Crippen LogP contribution is -2.07. The van der Waals surface area contributed by atoms with E-state index in [2.05, 4.69) is 4.74 Å². The van der Waals surface area contributed by atoms with Crippen molar-refractivity contribution in [2.24, 2.45) is 0 Å². The molecule has 7 heteroatoms. The molecule has 0 saturated carbocycles. The lowest BCUT2D eigenvalue weighted by Gasteiger charge is -2.10. The van der Waals surface area contributed by atoms with Gasteiger partial charge >= 0.3 is 0 Å². The van der Waals surface area contributed by atoms with Crippen LogP contribution in [-0.4, -0.2) is 0 Å². The first-order chi connectivity index (χ1) is 9.41. The zero-order chi connectivity index (χ0) is 14.9. The fourth-order valence-corrected chi connectivity index (χ4v) is 1.55. The van der Waals surface area contributed by atoms with E-state index in [0.717, 1.165) is 0 Å². The Labute approximate surface area is 110 Å². The van der Waals surface area contributed by atoms with Crippen molar-refractivity contribution in [3.05, 3.63) is 58.9 Å². The molecule has 0 spiro atoms. The maximum atomic E-state index is 13.3. The van der Waals surface area contributed by atoms with Crippen molar-refractivity contribution in [1.82, 2.24) is 0 Å². The van der Waals surface area contributed by atoms with Gasteiger partial charge in [-0.25, -0.2) is 13.2 Å². The standard InChI is InChI=1S/C13H8F5NO/c14-8-9(15)11(17)13(12(18)10(8)16)20-5-6-2-1-3-7(19)4-6/h1-4H,5,19H2. The van der Waals surface area contributed by atoms with E-state index in [0.29, 0.717) is 11.3 Å². The molecular formula is C13H8F5NO. The Balaban J connectivity index is 2.30. The zero-order valence-electron chi connectivity index (χ0n) is 9.89. The molecule has 0 amide bonds. The first kappa shape index (κ1) is 14.1. The molecule has 0 saturated heterocycles. The third-order valence-electron chi connectivity index (χ3n) is 2.50. The minimum atomic E-state index is -2.23. The minimum absolute atomic E-state index is 0.378. The van der Waals surface area contributed by atoms with Gasteiger partial charge in [0.15, 0.2) is 5.75 Å². The van der Waals surface area contributed by atoms with E-state index < -0.39 is 34.8 Å². The summed E-state index contributed by atoms with van der Waals surface area (Å²) < 4.78 is 70.0. The molecule has 0 atom stereocenters. The van der Waals surface area contributed by atoms with Crippen LogP contribution in [0.15, 0.2) is 24.3 Å². The number of benzene rings is 2. The maximum Gasteiger partial charge on any atom is 0.207 e. The van der Waals surface area contributed by atoms with Gasteiger partial charge in [0, 0.05) is 5.69 Å². The van der Waals surface area contributed by atoms with Gasteiger partial charge in [-0.15, -0.1) is 0 Å². The Morgan fingerprint density at radius 3 is 1.95 bits per heavy atom. The van der Waals surface area contributed by atoms with Gasteiger partial charge in [-0.3, -0.25) is 0 Å². The van der Waals surface area contributed by atoms with Gasteiger partial charge in [0.1, 0.15) is 6.61 Å². The predicted molar refractivity (Wildman–Crippen MR) is 61.4 cm³/mol. The van der Waals surface area contributed by atoms with E-state index in [1.165, 1.54) is 12.1 Å². The molecule has 0 aliphatic heterocycles. The number of nitrogen functional groups attached to an aromatic ring is 1. The van der Waals surface area contributed by atoms with Crippen molar-refractivity contribution in [2.75, 3.05) is 5.73 Å². The third-order valence-corrected chi connectivity index (χ3v) is 2.50. The van der Waals surface area contributed by atoms with Crippen LogP contribution < -0.4 is 10.5 Å². The molecule has 0 aliphatic rings. The average molecular weight is 289 g/mol. The molecule has 2 aromatic carbocycles. The van der Waals surface area contributed by atoms with E-state index in [4.69, 9.17) is 5.73 Å². The molecular weight excluding hydrogens is 281 g/mol. The highest BCUT2D eigenvalue weighted by atomic mass is 19.2. The highest BCUT2D eigenvalue weighted by Gasteiger charge is 2.26. The molecule has 0 bridgehead atoms. The number of ether oxygens (including phenoxy) is 1. The zero-order valence-corrected chi connectivity index (χ0v) is 9.89. The number of halogens is 5. The average Bonchev–Trinajstić information content (AvgIpc) is 2.43. The molecule has 106 valence electrons. The minimum Gasteiger partial charge on any atom is -0.483 e. The van der Waals surface area contributed by atoms with Gasteiger partial charge in [0.2, 0.25) is 29.1 Å². The summed E-state index contributed by atoms with van der Waals surface area (Å²) in [5.74, 6) is -11.7. The van der Waals surface area contributed by atoms with E-state index in [1.807, 2.05) is 0 Å². The fourth-order valence-electron chi connectivity index (χ4n) is 1.55. The van der Waals surface area contributed by atoms with E-state index in [1.54, 1.807) is 12.1 Å². The molecule has 2 N–H and O–H groups in total. The van der Waals surface area contributed by atoms with Crippen molar-refractivity contribution in [3.63, 3.8) is 0 Å². The van der Waals surface area contributed by atoms with E-state index in [9.17, 15) is 22.0 Å². The van der Waals surface area contributed by atoms with Crippen molar-refractivity contribution in [1.29, 1.82) is 0 Å². The quantitative estimate of drug-likeness (QED) is 0.406. The van der Waals surface area contributed by atoms with Crippen LogP contribution in [-0.2, 0) is 6.61 Å². The highest BCUT2D eigenvalue weighted by molar-refractivity contribution is 5.40. The van der Waals surface area contributed by atoms with Crippen molar-refractivity contribution < 1.29 is 26.7 Å². The summed E-state index contributed by atoms with van der Waals surface area (Å²) in [6, 6.07) is 6.11. The Kier molecular flexibility index (Phi) is 3.78. The SMILES string of the molecule is Nc1cccc(COc2c(F)c(F)c(F)c(F)c2F)c1. The molecule has 0 heterocycles. The van der Waals surface area contributed by atoms with Crippen molar-refractivity contribution in [3.8, 4) is 5.75 Å². The van der Waals surface area contributed by atoms with Crippen LogP contribution in [0.2, 0.25) is 0 Å². The van der Waals surface area contributed by atoms with Gasteiger partial charge in [-0.05, 0) is 17.7 Å². The van der Waals surface area contributed by atoms with Crippen LogP contribution in [0, 0.1) is 29.1 Å². The summed E-state index contributed by atoms with van der Waals surface area (Å²) in [7, 11) is 0. The molecule has 0 fully saturated rings. The summed E-state index contributed by atoms with van der Waals surface area (Å²) in [4.78, 5) is 0. The second-order valence-electron chi connectivity index (χ2n) is 3.93. The number of hydrogen-bond acceptors (Lipinski definition) is 2. The molecule has 2 rings (SSSR count). The largest absolute Gasteiger partial charge is 0.483 e. The van der Waals surface area contributed by atoms with E-state index in [-0.39, 0.29) is 6.61 Å². The number of hydrogen-bond donors (Lipinski definition) is 1. The third kappa shape index (κ3) is 2.52. The lowest BCUT2D eigenvalue weighted by atomic mass is 10.2. The molecule has 0 aliphatic carbocycles. The van der Waals surface area contributed by atoms with Crippen LogP contribution in [0.5, 0.6) is 5.75 Å². The lowest BCUT2D eigenvalue weighted by molar-refractivity contribution is 0.253. The van der Waals surface area contributed by atoms with Gasteiger partial charge in [-0.2, -0.15) is 8.78 Å². The first-order valence-corrected chi connectivity index (χ1v) is 5.40. The number of anilines is 1. The van der Waals surface area contributed by atoms with Crippen molar-refractivity contribution in [2.45, 2.75) is 6.61 Å². The predicted octanol–water partition coefficient (Wildman–Crippen LogP) is 3.54. The fraction of sp³-hybridized carbons (Fsp3) is 0.0769. The Hall–Kier alpha value is -2.31. The summed E-state index contributed by atoms with van der Waals surface area (Å²) in [5, 5.41) is 0. The number of nitrogens with two attached hydrogens (primary N) is 1. The van der Waals surface area contributed by atoms with Crippen molar-refractivity contribution >= 4 is 5.69 Å². The van der Waals surface area contributed by atoms with Gasteiger partial charge < -0.3 is 10.5 Å². The van der Waals surface area contributed by atoms with E-state index >= 15 is 0 Å². The highest BCUT2D eigenvalue weighted by Crippen LogP contribution is 2.29. The van der Waals surface area contributed by atoms with Crippen LogP contribution >= 0.6 is 0 Å². The Bertz CT molecular complexity index is 630. The second-order valence-corrected chi connectivity index (χ2v) is 3.93. The molecule has 0 aromatic heterocycles. The molecule has 0 radical (unpaired) electrons. The maximum absolute atomic E-state index is 13.3. The van der Waals surface area contributed by atoms with Crippen LogP contribution in [0.1, 0.15) is 5.56 Å². The topological polar surface area (TPSA) is 35.2 Å². The van der Waals surface area contributed by atoms with Crippen LogP contribution in [0.25, 0.3) is 0 Å². The van der Waals surface area contributed by atoms with Gasteiger partial charge in [-0.1, -0.05) is 12.1 Å². The van der Waals surface area contributed by atoms with Gasteiger partial charge in [0.25, 0.3) is 0 Å². The summed E-state index contributed by atoms with van der Waals surface area (Å²) in [6.45, 7) is -0.386. The van der Waals surface area contributed by atoms with Crippen LogP contribution in [0.4, 0.5) is 27.6 Å². The normalized spacial score (nSPS) is 10.7.